The molecule has 102 valence electrons. The van der Waals surface area contributed by atoms with Crippen molar-refractivity contribution in [3.8, 4) is 0 Å². The first kappa shape index (κ1) is 13.9. The molecule has 0 aromatic carbocycles. The molecular weight excluding hydrogens is 262 g/mol. The fourth-order valence-electron chi connectivity index (χ4n) is 2.21. The van der Waals surface area contributed by atoms with Gasteiger partial charge in [0.1, 0.15) is 0 Å². The van der Waals surface area contributed by atoms with E-state index in [0.717, 1.165) is 4.88 Å². The van der Waals surface area contributed by atoms with Crippen molar-refractivity contribution in [1.82, 2.24) is 4.90 Å². The van der Waals surface area contributed by atoms with Gasteiger partial charge < -0.3 is 0 Å². The first-order valence-electron chi connectivity index (χ1n) is 6.44. The Morgan fingerprint density at radius 1 is 1.26 bits per heavy atom. The van der Waals surface area contributed by atoms with E-state index >= 15 is 0 Å². The van der Waals surface area contributed by atoms with Gasteiger partial charge >= 0.3 is 0 Å². The smallest absolute Gasteiger partial charge is 0.232 e. The summed E-state index contributed by atoms with van der Waals surface area (Å²) in [4.78, 5) is 37.5. The van der Waals surface area contributed by atoms with Crippen LogP contribution in [0.15, 0.2) is 17.5 Å². The Kier molecular flexibility index (Phi) is 4.14. The average Bonchev–Trinajstić information content (AvgIpc) is 2.99. The lowest BCUT2D eigenvalue weighted by atomic mass is 10.00. The third kappa shape index (κ3) is 2.76. The van der Waals surface area contributed by atoms with Crippen LogP contribution in [0, 0.1) is 11.8 Å². The summed E-state index contributed by atoms with van der Waals surface area (Å²) < 4.78 is 0. The minimum atomic E-state index is -0.236. The molecule has 2 rings (SSSR count). The quantitative estimate of drug-likeness (QED) is 0.614. The second kappa shape index (κ2) is 5.65. The number of carbonyl (C=O) groups excluding carboxylic acids is 3. The van der Waals surface area contributed by atoms with Crippen LogP contribution in [0.25, 0.3) is 0 Å². The van der Waals surface area contributed by atoms with Crippen molar-refractivity contribution >= 4 is 28.9 Å². The van der Waals surface area contributed by atoms with Gasteiger partial charge in [0, 0.05) is 24.8 Å². The number of carbonyl (C=O) groups is 3. The van der Waals surface area contributed by atoms with Crippen LogP contribution < -0.4 is 0 Å². The summed E-state index contributed by atoms with van der Waals surface area (Å²) in [5.74, 6) is -0.613. The number of hydrogen-bond donors (Lipinski definition) is 0. The van der Waals surface area contributed by atoms with E-state index in [-0.39, 0.29) is 29.4 Å². The minimum absolute atomic E-state index is 0.0789. The molecule has 1 aliphatic heterocycles. The van der Waals surface area contributed by atoms with Crippen molar-refractivity contribution < 1.29 is 14.4 Å². The Morgan fingerprint density at radius 2 is 1.89 bits per heavy atom. The van der Waals surface area contributed by atoms with Gasteiger partial charge in [0.25, 0.3) is 0 Å². The highest BCUT2D eigenvalue weighted by Crippen LogP contribution is 2.25. The van der Waals surface area contributed by atoms with Crippen molar-refractivity contribution in [2.75, 3.05) is 6.54 Å². The third-order valence-corrected chi connectivity index (χ3v) is 4.55. The number of Topliss-reactive ketones (excluding diaryl/α,β-unsaturated/α-hetero) is 1. The molecule has 1 saturated heterocycles. The molecule has 1 aromatic rings. The fraction of sp³-hybridized carbons (Fsp3) is 0.500. The summed E-state index contributed by atoms with van der Waals surface area (Å²) >= 11 is 1.42. The van der Waals surface area contributed by atoms with Crippen LogP contribution in [0.5, 0.6) is 0 Å². The zero-order valence-corrected chi connectivity index (χ0v) is 11.9. The van der Waals surface area contributed by atoms with Crippen LogP contribution in [0.4, 0.5) is 0 Å². The van der Waals surface area contributed by atoms with Crippen LogP contribution in [0.1, 0.15) is 36.4 Å². The molecule has 0 saturated carbocycles. The summed E-state index contributed by atoms with van der Waals surface area (Å²) in [7, 11) is 0. The van der Waals surface area contributed by atoms with E-state index in [1.54, 1.807) is 19.9 Å². The molecule has 0 spiro atoms. The number of nitrogens with zero attached hydrogens (tertiary/aromatic N) is 1. The lowest BCUT2D eigenvalue weighted by molar-refractivity contribution is -0.139. The zero-order chi connectivity index (χ0) is 14.0. The fourth-order valence-corrected chi connectivity index (χ4v) is 2.90. The SMILES string of the molecule is CC1C(=O)N(CCCC(=O)c2cccs2)C(=O)C1C. The summed E-state index contributed by atoms with van der Waals surface area (Å²) in [6.45, 7) is 3.91. The van der Waals surface area contributed by atoms with E-state index in [1.165, 1.54) is 16.2 Å². The highest BCUT2D eigenvalue weighted by molar-refractivity contribution is 7.12. The van der Waals surface area contributed by atoms with Crippen molar-refractivity contribution in [3.63, 3.8) is 0 Å². The van der Waals surface area contributed by atoms with Crippen molar-refractivity contribution in [3.05, 3.63) is 22.4 Å². The molecule has 19 heavy (non-hydrogen) atoms. The van der Waals surface area contributed by atoms with Gasteiger partial charge in [0.05, 0.1) is 4.88 Å². The van der Waals surface area contributed by atoms with Crippen LogP contribution in [-0.4, -0.2) is 29.0 Å². The van der Waals surface area contributed by atoms with Crippen molar-refractivity contribution in [1.29, 1.82) is 0 Å². The summed E-state index contributed by atoms with van der Waals surface area (Å²) in [5.41, 5.74) is 0. The van der Waals surface area contributed by atoms with Crippen molar-refractivity contribution in [2.24, 2.45) is 11.8 Å². The van der Waals surface area contributed by atoms with Gasteiger partial charge in [0.2, 0.25) is 11.8 Å². The monoisotopic (exact) mass is 279 g/mol. The normalized spacial score (nSPS) is 23.2. The zero-order valence-electron chi connectivity index (χ0n) is 11.1. The molecule has 5 heteroatoms. The van der Waals surface area contributed by atoms with Gasteiger partial charge in [-0.15, -0.1) is 11.3 Å². The molecule has 1 fully saturated rings. The van der Waals surface area contributed by atoms with Crippen molar-refractivity contribution in [2.45, 2.75) is 26.7 Å². The Bertz CT molecular complexity index is 475. The predicted molar refractivity (Wildman–Crippen MR) is 72.9 cm³/mol. The molecular formula is C14H17NO3S. The standard InChI is InChI=1S/C14H17NO3S/c1-9-10(2)14(18)15(13(9)17)7-3-5-11(16)12-6-4-8-19-12/h4,6,8-10H,3,5,7H2,1-2H3. The minimum Gasteiger partial charge on any atom is -0.293 e. The summed E-state index contributed by atoms with van der Waals surface area (Å²) in [6, 6.07) is 3.64. The Hall–Kier alpha value is -1.49. The molecule has 0 aliphatic carbocycles. The lowest BCUT2D eigenvalue weighted by Gasteiger charge is -2.13. The molecule has 2 unspecified atom stereocenters. The van der Waals surface area contributed by atoms with Gasteiger partial charge in [-0.25, -0.2) is 0 Å². The largest absolute Gasteiger partial charge is 0.293 e. The predicted octanol–water partition coefficient (Wildman–Crippen LogP) is 2.35. The third-order valence-electron chi connectivity index (χ3n) is 3.64. The van der Waals surface area contributed by atoms with E-state index in [0.29, 0.717) is 19.4 Å². The van der Waals surface area contributed by atoms with Crippen LogP contribution in [-0.2, 0) is 9.59 Å². The number of hydrogen-bond acceptors (Lipinski definition) is 4. The summed E-state index contributed by atoms with van der Waals surface area (Å²) in [5, 5.41) is 1.87. The summed E-state index contributed by atoms with van der Waals surface area (Å²) in [6.07, 6.45) is 0.911. The number of amides is 2. The molecule has 0 bridgehead atoms. The van der Waals surface area contributed by atoms with Crippen LogP contribution in [0.3, 0.4) is 0 Å². The highest BCUT2D eigenvalue weighted by atomic mass is 32.1. The number of imide groups is 1. The maximum absolute atomic E-state index is 11.9. The Morgan fingerprint density at radius 3 is 2.42 bits per heavy atom. The number of ketones is 1. The van der Waals surface area contributed by atoms with E-state index in [4.69, 9.17) is 0 Å². The molecule has 2 amide bonds. The van der Waals surface area contributed by atoms with Crippen LogP contribution in [0.2, 0.25) is 0 Å². The van der Waals surface area contributed by atoms with Gasteiger partial charge in [-0.05, 0) is 17.9 Å². The molecule has 4 nitrogen and oxygen atoms in total. The average molecular weight is 279 g/mol. The van der Waals surface area contributed by atoms with Gasteiger partial charge in [-0.1, -0.05) is 19.9 Å². The molecule has 2 heterocycles. The highest BCUT2D eigenvalue weighted by Gasteiger charge is 2.41. The van der Waals surface area contributed by atoms with E-state index in [1.807, 2.05) is 11.4 Å². The maximum Gasteiger partial charge on any atom is 0.232 e. The van der Waals surface area contributed by atoms with Crippen LogP contribution >= 0.6 is 11.3 Å². The first-order valence-corrected chi connectivity index (χ1v) is 7.32. The van der Waals surface area contributed by atoms with E-state index < -0.39 is 0 Å². The molecule has 0 N–H and O–H groups in total. The van der Waals surface area contributed by atoms with Gasteiger partial charge in [0.15, 0.2) is 5.78 Å². The Labute approximate surface area is 116 Å². The molecule has 1 aliphatic rings. The number of likely N-dealkylation sites (tertiary alicyclic amines) is 1. The molecule has 0 radical (unpaired) electrons. The molecule has 2 atom stereocenters. The van der Waals surface area contributed by atoms with E-state index in [2.05, 4.69) is 0 Å². The Balaban J connectivity index is 1.85. The maximum atomic E-state index is 11.9. The van der Waals surface area contributed by atoms with E-state index in [9.17, 15) is 14.4 Å². The van der Waals surface area contributed by atoms with Gasteiger partial charge in [-0.3, -0.25) is 19.3 Å². The topological polar surface area (TPSA) is 54.5 Å². The van der Waals surface area contributed by atoms with Gasteiger partial charge in [-0.2, -0.15) is 0 Å². The molecule has 1 aromatic heterocycles. The first-order chi connectivity index (χ1) is 9.02. The number of rotatable bonds is 5. The second-order valence-corrected chi connectivity index (χ2v) is 5.86. The lowest BCUT2D eigenvalue weighted by Crippen LogP contribution is -2.32. The number of thiophene rings is 1. The second-order valence-electron chi connectivity index (χ2n) is 4.91.